The molecule has 0 bridgehead atoms. The Bertz CT molecular complexity index is 525. The van der Waals surface area contributed by atoms with Gasteiger partial charge in [-0.2, -0.15) is 18.4 Å². The number of nitrogens with zero attached hydrogens (tertiary/aromatic N) is 1. The average Bonchev–Trinajstić information content (AvgIpc) is 2.25. The molecular formula is C10H5ClF3NO2S. The SMILES string of the molecule is N#Cc1ccc(C(=O)O)c(SC(F)(F)F)c1CCl. The average molecular weight is 296 g/mol. The highest BCUT2D eigenvalue weighted by atomic mass is 35.5. The van der Waals surface area contributed by atoms with E-state index < -0.39 is 33.7 Å². The third-order valence-corrected chi connectivity index (χ3v) is 3.13. The normalized spacial score (nSPS) is 11.1. The van der Waals surface area contributed by atoms with E-state index in [2.05, 4.69) is 0 Å². The maximum absolute atomic E-state index is 12.4. The van der Waals surface area contributed by atoms with E-state index in [0.717, 1.165) is 12.1 Å². The van der Waals surface area contributed by atoms with E-state index in [-0.39, 0.29) is 17.0 Å². The van der Waals surface area contributed by atoms with Crippen LogP contribution in [0.2, 0.25) is 0 Å². The van der Waals surface area contributed by atoms with Crippen LogP contribution in [-0.2, 0) is 5.88 Å². The Hall–Kier alpha value is -1.39. The lowest BCUT2D eigenvalue weighted by Gasteiger charge is -2.13. The lowest BCUT2D eigenvalue weighted by atomic mass is 10.1. The zero-order valence-electron chi connectivity index (χ0n) is 8.58. The molecule has 8 heteroatoms. The van der Waals surface area contributed by atoms with Crippen LogP contribution in [0.3, 0.4) is 0 Å². The van der Waals surface area contributed by atoms with Gasteiger partial charge in [0.1, 0.15) is 0 Å². The number of rotatable bonds is 3. The molecule has 0 aliphatic carbocycles. The minimum absolute atomic E-state index is 0.0678. The van der Waals surface area contributed by atoms with E-state index in [0.29, 0.717) is 0 Å². The van der Waals surface area contributed by atoms with Crippen molar-refractivity contribution in [3.05, 3.63) is 28.8 Å². The molecule has 1 aromatic carbocycles. The van der Waals surface area contributed by atoms with Gasteiger partial charge in [0.25, 0.3) is 0 Å². The van der Waals surface area contributed by atoms with Crippen LogP contribution < -0.4 is 0 Å². The monoisotopic (exact) mass is 295 g/mol. The van der Waals surface area contributed by atoms with Crippen LogP contribution in [0.4, 0.5) is 13.2 Å². The number of alkyl halides is 4. The Morgan fingerprint density at radius 1 is 1.50 bits per heavy atom. The number of hydrogen-bond donors (Lipinski definition) is 1. The van der Waals surface area contributed by atoms with Crippen LogP contribution in [0.5, 0.6) is 0 Å². The first kappa shape index (κ1) is 14.7. The molecule has 1 aromatic rings. The Labute approximate surface area is 109 Å². The molecule has 1 rings (SSSR count). The number of carbonyl (C=O) groups is 1. The molecule has 0 saturated heterocycles. The fraction of sp³-hybridized carbons (Fsp3) is 0.200. The smallest absolute Gasteiger partial charge is 0.446 e. The number of aromatic carboxylic acids is 1. The largest absolute Gasteiger partial charge is 0.478 e. The van der Waals surface area contributed by atoms with Gasteiger partial charge in [-0.3, -0.25) is 0 Å². The van der Waals surface area contributed by atoms with Gasteiger partial charge in [0, 0.05) is 10.8 Å². The van der Waals surface area contributed by atoms with Crippen molar-refractivity contribution in [2.75, 3.05) is 0 Å². The second-order valence-electron chi connectivity index (χ2n) is 3.07. The number of carboxylic acids is 1. The van der Waals surface area contributed by atoms with Gasteiger partial charge in [-0.05, 0) is 29.5 Å². The maximum Gasteiger partial charge on any atom is 0.446 e. The van der Waals surface area contributed by atoms with Crippen LogP contribution in [0.1, 0.15) is 21.5 Å². The highest BCUT2D eigenvalue weighted by molar-refractivity contribution is 8.00. The molecule has 0 aliphatic rings. The van der Waals surface area contributed by atoms with Crippen molar-refractivity contribution < 1.29 is 23.1 Å². The van der Waals surface area contributed by atoms with Crippen molar-refractivity contribution in [1.29, 1.82) is 5.26 Å². The van der Waals surface area contributed by atoms with Crippen molar-refractivity contribution >= 4 is 29.3 Å². The third-order valence-electron chi connectivity index (χ3n) is 1.96. The van der Waals surface area contributed by atoms with Crippen LogP contribution in [0.25, 0.3) is 0 Å². The van der Waals surface area contributed by atoms with E-state index in [9.17, 15) is 18.0 Å². The van der Waals surface area contributed by atoms with E-state index in [1.807, 2.05) is 0 Å². The van der Waals surface area contributed by atoms with Gasteiger partial charge in [0.2, 0.25) is 0 Å². The minimum atomic E-state index is -4.65. The van der Waals surface area contributed by atoms with E-state index in [1.54, 1.807) is 6.07 Å². The first-order valence-electron chi connectivity index (χ1n) is 4.41. The summed E-state index contributed by atoms with van der Waals surface area (Å²) in [7, 11) is 0. The second kappa shape index (κ2) is 5.50. The molecule has 96 valence electrons. The van der Waals surface area contributed by atoms with Gasteiger partial charge < -0.3 is 5.11 Å². The first-order chi connectivity index (χ1) is 8.30. The molecule has 0 fully saturated rings. The van der Waals surface area contributed by atoms with Gasteiger partial charge in [-0.15, -0.1) is 11.6 Å². The van der Waals surface area contributed by atoms with E-state index in [1.165, 1.54) is 0 Å². The fourth-order valence-corrected chi connectivity index (χ4v) is 2.42. The number of benzene rings is 1. The molecule has 0 saturated carbocycles. The molecular weight excluding hydrogens is 291 g/mol. The van der Waals surface area contributed by atoms with Crippen LogP contribution in [0.15, 0.2) is 17.0 Å². The Morgan fingerprint density at radius 2 is 2.11 bits per heavy atom. The third kappa shape index (κ3) is 3.31. The molecule has 0 heterocycles. The van der Waals surface area contributed by atoms with Gasteiger partial charge in [-0.1, -0.05) is 0 Å². The summed E-state index contributed by atoms with van der Waals surface area (Å²) in [6, 6.07) is 3.78. The summed E-state index contributed by atoms with van der Waals surface area (Å²) in [5, 5.41) is 17.6. The molecule has 0 unspecified atom stereocenters. The highest BCUT2D eigenvalue weighted by Gasteiger charge is 2.33. The predicted molar refractivity (Wildman–Crippen MR) is 59.6 cm³/mol. The Morgan fingerprint density at radius 3 is 2.50 bits per heavy atom. The lowest BCUT2D eigenvalue weighted by molar-refractivity contribution is -0.0328. The van der Waals surface area contributed by atoms with E-state index in [4.69, 9.17) is 22.0 Å². The number of carboxylic acid groups (broad SMARTS) is 1. The molecule has 1 N–H and O–H groups in total. The summed E-state index contributed by atoms with van der Waals surface area (Å²) >= 11 is 4.92. The molecule has 3 nitrogen and oxygen atoms in total. The molecule has 0 amide bonds. The number of hydrogen-bond acceptors (Lipinski definition) is 3. The molecule has 18 heavy (non-hydrogen) atoms. The van der Waals surface area contributed by atoms with Crippen molar-refractivity contribution in [3.63, 3.8) is 0 Å². The molecule has 0 aromatic heterocycles. The van der Waals surface area contributed by atoms with Crippen molar-refractivity contribution in [1.82, 2.24) is 0 Å². The highest BCUT2D eigenvalue weighted by Crippen LogP contribution is 2.41. The topological polar surface area (TPSA) is 61.1 Å². The molecule has 0 radical (unpaired) electrons. The Kier molecular flexibility index (Phi) is 4.48. The predicted octanol–water partition coefficient (Wildman–Crippen LogP) is 3.61. The van der Waals surface area contributed by atoms with Crippen LogP contribution in [-0.4, -0.2) is 16.6 Å². The Balaban J connectivity index is 3.49. The molecule has 0 aliphatic heterocycles. The minimum Gasteiger partial charge on any atom is -0.478 e. The van der Waals surface area contributed by atoms with Gasteiger partial charge in [0.05, 0.1) is 17.2 Å². The van der Waals surface area contributed by atoms with Gasteiger partial charge in [-0.25, -0.2) is 4.79 Å². The second-order valence-corrected chi connectivity index (χ2v) is 4.41. The summed E-state index contributed by atoms with van der Waals surface area (Å²) in [5.74, 6) is -1.87. The van der Waals surface area contributed by atoms with Gasteiger partial charge >= 0.3 is 11.5 Å². The van der Waals surface area contributed by atoms with E-state index >= 15 is 0 Å². The summed E-state index contributed by atoms with van der Waals surface area (Å²) in [4.78, 5) is 10.3. The number of halogens is 4. The number of thioether (sulfide) groups is 1. The van der Waals surface area contributed by atoms with Gasteiger partial charge in [0.15, 0.2) is 0 Å². The summed E-state index contributed by atoms with van der Waals surface area (Å²) in [5.41, 5.74) is -5.37. The first-order valence-corrected chi connectivity index (χ1v) is 5.76. The quantitative estimate of drug-likeness (QED) is 0.683. The van der Waals surface area contributed by atoms with Crippen LogP contribution >= 0.6 is 23.4 Å². The lowest BCUT2D eigenvalue weighted by Crippen LogP contribution is -2.08. The summed E-state index contributed by atoms with van der Waals surface area (Å²) in [6.45, 7) is 0. The van der Waals surface area contributed by atoms with Crippen molar-refractivity contribution in [2.45, 2.75) is 16.3 Å². The van der Waals surface area contributed by atoms with Crippen molar-refractivity contribution in [2.24, 2.45) is 0 Å². The summed E-state index contributed by atoms with van der Waals surface area (Å²) < 4.78 is 37.1. The van der Waals surface area contributed by atoms with Crippen molar-refractivity contribution in [3.8, 4) is 6.07 Å². The number of nitriles is 1. The molecule has 0 atom stereocenters. The molecule has 0 spiro atoms. The maximum atomic E-state index is 12.4. The summed E-state index contributed by atoms with van der Waals surface area (Å²) in [6.07, 6.45) is 0. The van der Waals surface area contributed by atoms with Crippen LogP contribution in [0, 0.1) is 11.3 Å². The fourth-order valence-electron chi connectivity index (χ4n) is 1.27. The standard InChI is InChI=1S/C10H5ClF3NO2S/c11-3-7-5(4-15)1-2-6(9(16)17)8(7)18-10(12,13)14/h1-2H,3H2,(H,16,17). The zero-order valence-corrected chi connectivity index (χ0v) is 10.2. The zero-order chi connectivity index (χ0) is 13.9.